The van der Waals surface area contributed by atoms with E-state index in [1.807, 2.05) is 30.3 Å². The molecule has 1 atom stereocenters. The van der Waals surface area contributed by atoms with Crippen LogP contribution in [0.2, 0.25) is 0 Å². The highest BCUT2D eigenvalue weighted by Gasteiger charge is 2.23. The summed E-state index contributed by atoms with van der Waals surface area (Å²) in [6.45, 7) is 13.1. The molecule has 1 heterocycles. The van der Waals surface area contributed by atoms with E-state index >= 15 is 0 Å². The molecule has 1 aromatic heterocycles. The van der Waals surface area contributed by atoms with Gasteiger partial charge in [-0.2, -0.15) is 0 Å². The molecule has 2 aromatic rings. The second kappa shape index (κ2) is 9.53. The minimum absolute atomic E-state index is 0.122. The molecule has 142 valence electrons. The Labute approximate surface area is 156 Å². The average Bonchev–Trinajstić information content (AvgIpc) is 3.02. The highest BCUT2D eigenvalue weighted by molar-refractivity contribution is 6.00. The Balaban J connectivity index is 2.15. The van der Waals surface area contributed by atoms with E-state index in [4.69, 9.17) is 4.52 Å². The molecule has 1 aromatic carbocycles. The maximum Gasteiger partial charge on any atom is 0.257 e. The van der Waals surface area contributed by atoms with Crippen LogP contribution in [0.1, 0.15) is 50.2 Å². The van der Waals surface area contributed by atoms with Crippen molar-refractivity contribution in [3.05, 3.63) is 41.7 Å². The zero-order valence-electron chi connectivity index (χ0n) is 16.6. The molecule has 0 saturated heterocycles. The predicted octanol–water partition coefficient (Wildman–Crippen LogP) is 4.14. The second-order valence-corrected chi connectivity index (χ2v) is 7.04. The number of benzene rings is 1. The molecule has 0 aliphatic carbocycles. The Morgan fingerprint density at radius 3 is 2.42 bits per heavy atom. The van der Waals surface area contributed by atoms with E-state index < -0.39 is 0 Å². The summed E-state index contributed by atoms with van der Waals surface area (Å²) in [5, 5.41) is 7.21. The fraction of sp³-hybridized carbons (Fsp3) is 0.524. The Morgan fingerprint density at radius 2 is 1.85 bits per heavy atom. The van der Waals surface area contributed by atoms with Crippen LogP contribution in [0.4, 0.5) is 0 Å². The summed E-state index contributed by atoms with van der Waals surface area (Å²) >= 11 is 0. The van der Waals surface area contributed by atoms with Crippen LogP contribution in [0.15, 0.2) is 34.9 Å². The Morgan fingerprint density at radius 1 is 1.19 bits per heavy atom. The maximum absolute atomic E-state index is 12.9. The molecule has 0 aliphatic rings. The molecule has 1 unspecified atom stereocenters. The van der Waals surface area contributed by atoms with Crippen molar-refractivity contribution >= 4 is 5.91 Å². The van der Waals surface area contributed by atoms with Gasteiger partial charge in [-0.15, -0.1) is 0 Å². The topological polar surface area (TPSA) is 58.4 Å². The number of hydrogen-bond acceptors (Lipinski definition) is 4. The smallest absolute Gasteiger partial charge is 0.257 e. The van der Waals surface area contributed by atoms with Gasteiger partial charge in [-0.1, -0.05) is 63.2 Å². The normalized spacial score (nSPS) is 12.6. The van der Waals surface area contributed by atoms with Gasteiger partial charge < -0.3 is 9.84 Å². The summed E-state index contributed by atoms with van der Waals surface area (Å²) in [5.74, 6) is 1.00. The Bertz CT molecular complexity index is 691. The van der Waals surface area contributed by atoms with E-state index in [0.29, 0.717) is 35.5 Å². The number of carbonyl (C=O) groups is 1. The van der Waals surface area contributed by atoms with Crippen molar-refractivity contribution in [1.82, 2.24) is 15.4 Å². The van der Waals surface area contributed by atoms with E-state index in [0.717, 1.165) is 25.1 Å². The van der Waals surface area contributed by atoms with Crippen LogP contribution in [0.25, 0.3) is 11.3 Å². The summed E-state index contributed by atoms with van der Waals surface area (Å²) in [6, 6.07) is 10.0. The van der Waals surface area contributed by atoms with E-state index in [1.54, 1.807) is 6.92 Å². The minimum atomic E-state index is -0.122. The van der Waals surface area contributed by atoms with E-state index in [1.165, 1.54) is 0 Å². The van der Waals surface area contributed by atoms with Crippen LogP contribution >= 0.6 is 0 Å². The van der Waals surface area contributed by atoms with Gasteiger partial charge in [-0.05, 0) is 32.4 Å². The number of nitrogens with zero attached hydrogens (tertiary/aromatic N) is 2. The highest BCUT2D eigenvalue weighted by Crippen LogP contribution is 2.25. The van der Waals surface area contributed by atoms with E-state index in [2.05, 4.69) is 43.1 Å². The Kier molecular flexibility index (Phi) is 7.39. The third kappa shape index (κ3) is 4.94. The molecule has 0 radical (unpaired) electrons. The molecule has 1 amide bonds. The van der Waals surface area contributed by atoms with Crippen molar-refractivity contribution in [1.29, 1.82) is 0 Å². The molecule has 0 bridgehead atoms. The number of carbonyl (C=O) groups excluding carboxylic acids is 1. The van der Waals surface area contributed by atoms with Gasteiger partial charge in [-0.25, -0.2) is 0 Å². The number of aryl methyl sites for hydroxylation is 1. The second-order valence-electron chi connectivity index (χ2n) is 7.04. The van der Waals surface area contributed by atoms with E-state index in [-0.39, 0.29) is 5.91 Å². The molecule has 1 N–H and O–H groups in total. The lowest BCUT2D eigenvalue weighted by atomic mass is 10.0. The lowest BCUT2D eigenvalue weighted by Crippen LogP contribution is -2.44. The van der Waals surface area contributed by atoms with Gasteiger partial charge in [0.05, 0.1) is 0 Å². The quantitative estimate of drug-likeness (QED) is 0.733. The van der Waals surface area contributed by atoms with Gasteiger partial charge in [0, 0.05) is 18.2 Å². The summed E-state index contributed by atoms with van der Waals surface area (Å²) in [4.78, 5) is 15.3. The van der Waals surface area contributed by atoms with Crippen LogP contribution in [0.5, 0.6) is 0 Å². The number of nitrogens with one attached hydrogen (secondary N) is 1. The lowest BCUT2D eigenvalue weighted by Gasteiger charge is -2.31. The standard InChI is InChI=1S/C21H31N3O2/c1-6-24(7-2)18(13-15(3)4)14-22-21(25)19-16(5)26-23-20(19)17-11-9-8-10-12-17/h8-12,15,18H,6-7,13-14H2,1-5H3,(H,22,25). The molecule has 0 saturated carbocycles. The lowest BCUT2D eigenvalue weighted by molar-refractivity contribution is 0.0928. The third-order valence-corrected chi connectivity index (χ3v) is 4.71. The highest BCUT2D eigenvalue weighted by atomic mass is 16.5. The molecule has 5 heteroatoms. The van der Waals surface area contributed by atoms with Crippen molar-refractivity contribution in [3.63, 3.8) is 0 Å². The predicted molar refractivity (Wildman–Crippen MR) is 105 cm³/mol. The monoisotopic (exact) mass is 357 g/mol. The van der Waals surface area contributed by atoms with Crippen molar-refractivity contribution in [2.45, 2.75) is 47.1 Å². The number of aromatic nitrogens is 1. The van der Waals surface area contributed by atoms with Crippen LogP contribution in [-0.2, 0) is 0 Å². The fourth-order valence-electron chi connectivity index (χ4n) is 3.38. The van der Waals surface area contributed by atoms with E-state index in [9.17, 15) is 4.79 Å². The van der Waals surface area contributed by atoms with Gasteiger partial charge in [-0.3, -0.25) is 9.69 Å². The van der Waals surface area contributed by atoms with Gasteiger partial charge in [0.15, 0.2) is 0 Å². The maximum atomic E-state index is 12.9. The summed E-state index contributed by atoms with van der Waals surface area (Å²) in [5.41, 5.74) is 2.01. The van der Waals surface area contributed by atoms with Crippen molar-refractivity contribution in [2.24, 2.45) is 5.92 Å². The molecular weight excluding hydrogens is 326 g/mol. The van der Waals surface area contributed by atoms with Gasteiger partial charge >= 0.3 is 0 Å². The molecule has 0 fully saturated rings. The molecular formula is C21H31N3O2. The third-order valence-electron chi connectivity index (χ3n) is 4.71. The first-order chi connectivity index (χ1) is 12.5. The number of rotatable bonds is 9. The van der Waals surface area contributed by atoms with Crippen LogP contribution < -0.4 is 5.32 Å². The van der Waals surface area contributed by atoms with Crippen molar-refractivity contribution in [2.75, 3.05) is 19.6 Å². The molecule has 0 aliphatic heterocycles. The van der Waals surface area contributed by atoms with Crippen molar-refractivity contribution in [3.8, 4) is 11.3 Å². The number of likely N-dealkylation sites (N-methyl/N-ethyl adjacent to an activating group) is 1. The largest absolute Gasteiger partial charge is 0.360 e. The van der Waals surface area contributed by atoms with Crippen LogP contribution in [0, 0.1) is 12.8 Å². The first-order valence-corrected chi connectivity index (χ1v) is 9.51. The zero-order valence-corrected chi connectivity index (χ0v) is 16.6. The minimum Gasteiger partial charge on any atom is -0.360 e. The summed E-state index contributed by atoms with van der Waals surface area (Å²) < 4.78 is 5.31. The number of hydrogen-bond donors (Lipinski definition) is 1. The van der Waals surface area contributed by atoms with Crippen LogP contribution in [0.3, 0.4) is 0 Å². The SMILES string of the molecule is CCN(CC)C(CNC(=O)c1c(-c2ccccc2)noc1C)CC(C)C. The zero-order chi connectivity index (χ0) is 19.1. The molecule has 26 heavy (non-hydrogen) atoms. The van der Waals surface area contributed by atoms with Crippen LogP contribution in [-0.4, -0.2) is 41.6 Å². The first kappa shape index (κ1) is 20.2. The summed E-state index contributed by atoms with van der Waals surface area (Å²) in [7, 11) is 0. The molecule has 0 spiro atoms. The fourth-order valence-corrected chi connectivity index (χ4v) is 3.38. The first-order valence-electron chi connectivity index (χ1n) is 9.51. The average molecular weight is 357 g/mol. The molecule has 2 rings (SSSR count). The van der Waals surface area contributed by atoms with Gasteiger partial charge in [0.25, 0.3) is 5.91 Å². The van der Waals surface area contributed by atoms with Gasteiger partial charge in [0.1, 0.15) is 17.0 Å². The number of amides is 1. The Hall–Kier alpha value is -2.14. The summed E-state index contributed by atoms with van der Waals surface area (Å²) in [6.07, 6.45) is 1.05. The van der Waals surface area contributed by atoms with Gasteiger partial charge in [0.2, 0.25) is 0 Å². The van der Waals surface area contributed by atoms with Crippen molar-refractivity contribution < 1.29 is 9.32 Å². The molecule has 5 nitrogen and oxygen atoms in total.